The lowest BCUT2D eigenvalue weighted by molar-refractivity contribution is -0.123. The van der Waals surface area contributed by atoms with Crippen LogP contribution in [-0.4, -0.2) is 18.4 Å². The van der Waals surface area contributed by atoms with Crippen molar-refractivity contribution in [2.45, 2.75) is 13.3 Å². The molecule has 0 aliphatic carbocycles. The van der Waals surface area contributed by atoms with Crippen molar-refractivity contribution in [3.05, 3.63) is 63.6 Å². The lowest BCUT2D eigenvalue weighted by Gasteiger charge is -2.10. The van der Waals surface area contributed by atoms with Gasteiger partial charge in [-0.1, -0.05) is 42.3 Å². The minimum absolute atomic E-state index is 0.295. The molecule has 2 rings (SSSR count). The van der Waals surface area contributed by atoms with Crippen molar-refractivity contribution in [1.82, 2.24) is 10.9 Å². The van der Waals surface area contributed by atoms with Gasteiger partial charge < -0.3 is 4.74 Å². The first-order valence-electron chi connectivity index (χ1n) is 7.25. The Bertz CT molecular complexity index is 733. The molecule has 0 bridgehead atoms. The lowest BCUT2D eigenvalue weighted by atomic mass is 10.1. The Morgan fingerprint density at radius 3 is 2.38 bits per heavy atom. The van der Waals surface area contributed by atoms with E-state index in [9.17, 15) is 9.59 Å². The van der Waals surface area contributed by atoms with E-state index in [1.165, 1.54) is 6.07 Å². The van der Waals surface area contributed by atoms with Crippen LogP contribution in [0.5, 0.6) is 5.75 Å². The third kappa shape index (κ3) is 5.15. The highest BCUT2D eigenvalue weighted by atomic mass is 35.5. The Hall–Kier alpha value is -2.24. The van der Waals surface area contributed by atoms with Gasteiger partial charge in [0.25, 0.3) is 11.8 Å². The average Bonchev–Trinajstić information content (AvgIpc) is 2.59. The molecule has 2 amide bonds. The number of hydrogen-bond acceptors (Lipinski definition) is 3. The van der Waals surface area contributed by atoms with E-state index in [0.29, 0.717) is 21.4 Å². The highest BCUT2D eigenvalue weighted by Crippen LogP contribution is 2.27. The van der Waals surface area contributed by atoms with Crippen molar-refractivity contribution in [3.63, 3.8) is 0 Å². The summed E-state index contributed by atoms with van der Waals surface area (Å²) >= 11 is 11.7. The minimum atomic E-state index is -0.514. The summed E-state index contributed by atoms with van der Waals surface area (Å²) in [5.74, 6) is -0.590. The Morgan fingerprint density at radius 2 is 1.75 bits per heavy atom. The van der Waals surface area contributed by atoms with Crippen LogP contribution in [0.1, 0.15) is 22.8 Å². The molecular formula is C17H16Cl2N2O3. The summed E-state index contributed by atoms with van der Waals surface area (Å²) in [4.78, 5) is 23.6. The van der Waals surface area contributed by atoms with Crippen LogP contribution in [0.15, 0.2) is 42.5 Å². The first-order chi connectivity index (χ1) is 11.5. The Morgan fingerprint density at radius 1 is 1.04 bits per heavy atom. The summed E-state index contributed by atoms with van der Waals surface area (Å²) in [6.07, 6.45) is 0.892. The van der Waals surface area contributed by atoms with E-state index in [1.54, 1.807) is 24.3 Å². The minimum Gasteiger partial charge on any atom is -0.482 e. The van der Waals surface area contributed by atoms with Crippen molar-refractivity contribution in [3.8, 4) is 5.75 Å². The SMILES string of the molecule is CCc1ccc(C(=O)NNC(=O)COc2ccc(Cl)cc2Cl)cc1. The molecule has 5 nitrogen and oxygen atoms in total. The summed E-state index contributed by atoms with van der Waals surface area (Å²) < 4.78 is 5.27. The number of hydrazine groups is 1. The Balaban J connectivity index is 1.80. The molecule has 24 heavy (non-hydrogen) atoms. The molecule has 0 atom stereocenters. The maximum absolute atomic E-state index is 11.9. The normalized spacial score (nSPS) is 10.1. The molecule has 0 aliphatic rings. The molecule has 0 aromatic heterocycles. The van der Waals surface area contributed by atoms with Gasteiger partial charge in [-0.15, -0.1) is 0 Å². The number of halogens is 2. The molecule has 7 heteroatoms. The van der Waals surface area contributed by atoms with E-state index in [-0.39, 0.29) is 6.61 Å². The molecule has 2 aromatic carbocycles. The predicted molar refractivity (Wildman–Crippen MR) is 93.4 cm³/mol. The predicted octanol–water partition coefficient (Wildman–Crippen LogP) is 3.40. The zero-order valence-corrected chi connectivity index (χ0v) is 14.4. The number of carbonyl (C=O) groups is 2. The molecule has 2 N–H and O–H groups in total. The summed E-state index contributed by atoms with van der Waals surface area (Å²) in [5.41, 5.74) is 6.18. The number of carbonyl (C=O) groups excluding carboxylic acids is 2. The van der Waals surface area contributed by atoms with Crippen LogP contribution in [0, 0.1) is 0 Å². The van der Waals surface area contributed by atoms with Gasteiger partial charge in [0, 0.05) is 10.6 Å². The van der Waals surface area contributed by atoms with Gasteiger partial charge >= 0.3 is 0 Å². The van der Waals surface area contributed by atoms with E-state index in [0.717, 1.165) is 12.0 Å². The number of benzene rings is 2. The first kappa shape index (κ1) is 18.1. The molecule has 0 heterocycles. The third-order valence-electron chi connectivity index (χ3n) is 3.19. The van der Waals surface area contributed by atoms with E-state index in [4.69, 9.17) is 27.9 Å². The van der Waals surface area contributed by atoms with Crippen LogP contribution < -0.4 is 15.6 Å². The van der Waals surface area contributed by atoms with Gasteiger partial charge in [-0.25, -0.2) is 0 Å². The van der Waals surface area contributed by atoms with E-state index in [1.807, 2.05) is 19.1 Å². The largest absolute Gasteiger partial charge is 0.482 e. The fraction of sp³-hybridized carbons (Fsp3) is 0.176. The molecular weight excluding hydrogens is 351 g/mol. The van der Waals surface area contributed by atoms with Crippen LogP contribution in [0.3, 0.4) is 0 Å². The van der Waals surface area contributed by atoms with Gasteiger partial charge in [0.2, 0.25) is 0 Å². The zero-order chi connectivity index (χ0) is 17.5. The van der Waals surface area contributed by atoms with Crippen molar-refractivity contribution < 1.29 is 14.3 Å². The highest BCUT2D eigenvalue weighted by Gasteiger charge is 2.09. The van der Waals surface area contributed by atoms with Crippen LogP contribution in [0.2, 0.25) is 10.0 Å². The van der Waals surface area contributed by atoms with Gasteiger partial charge in [-0.2, -0.15) is 0 Å². The fourth-order valence-corrected chi connectivity index (χ4v) is 2.33. The van der Waals surface area contributed by atoms with Crippen LogP contribution >= 0.6 is 23.2 Å². The average molecular weight is 367 g/mol. The standard InChI is InChI=1S/C17H16Cl2N2O3/c1-2-11-3-5-12(6-4-11)17(23)21-20-16(22)10-24-15-8-7-13(18)9-14(15)19/h3-9H,2,10H2,1H3,(H,20,22)(H,21,23). The second-order valence-electron chi connectivity index (χ2n) is 4.92. The molecule has 0 aliphatic heterocycles. The van der Waals surface area contributed by atoms with Crippen LogP contribution in [-0.2, 0) is 11.2 Å². The smallest absolute Gasteiger partial charge is 0.276 e. The summed E-state index contributed by atoms with van der Waals surface area (Å²) in [5, 5.41) is 0.772. The molecule has 0 spiro atoms. The highest BCUT2D eigenvalue weighted by molar-refractivity contribution is 6.35. The summed E-state index contributed by atoms with van der Waals surface area (Å²) in [7, 11) is 0. The van der Waals surface area contributed by atoms with Gasteiger partial charge in [0.05, 0.1) is 5.02 Å². The van der Waals surface area contributed by atoms with Gasteiger partial charge in [0.1, 0.15) is 5.75 Å². The van der Waals surface area contributed by atoms with Gasteiger partial charge in [-0.3, -0.25) is 20.4 Å². The summed E-state index contributed by atoms with van der Waals surface area (Å²) in [6.45, 7) is 1.73. The molecule has 0 saturated carbocycles. The molecule has 2 aromatic rings. The second kappa shape index (κ2) is 8.57. The number of amides is 2. The van der Waals surface area contributed by atoms with Crippen molar-refractivity contribution in [2.24, 2.45) is 0 Å². The molecule has 0 saturated heterocycles. The topological polar surface area (TPSA) is 67.4 Å². The molecule has 0 unspecified atom stereocenters. The lowest BCUT2D eigenvalue weighted by Crippen LogP contribution is -2.43. The maximum Gasteiger partial charge on any atom is 0.276 e. The Labute approximate surface area is 149 Å². The van der Waals surface area contributed by atoms with Crippen LogP contribution in [0.4, 0.5) is 0 Å². The van der Waals surface area contributed by atoms with Crippen molar-refractivity contribution >= 4 is 35.0 Å². The molecule has 0 radical (unpaired) electrons. The number of ether oxygens (including phenoxy) is 1. The number of aryl methyl sites for hydroxylation is 1. The van der Waals surface area contributed by atoms with Gasteiger partial charge in [0.15, 0.2) is 6.61 Å². The van der Waals surface area contributed by atoms with E-state index < -0.39 is 11.8 Å². The van der Waals surface area contributed by atoms with Crippen LogP contribution in [0.25, 0.3) is 0 Å². The quantitative estimate of drug-likeness (QED) is 0.796. The van der Waals surface area contributed by atoms with Crippen molar-refractivity contribution in [2.75, 3.05) is 6.61 Å². The maximum atomic E-state index is 11.9. The third-order valence-corrected chi connectivity index (χ3v) is 3.72. The van der Waals surface area contributed by atoms with Crippen molar-refractivity contribution in [1.29, 1.82) is 0 Å². The number of nitrogens with one attached hydrogen (secondary N) is 2. The zero-order valence-electron chi connectivity index (χ0n) is 12.9. The monoisotopic (exact) mass is 366 g/mol. The fourth-order valence-electron chi connectivity index (χ4n) is 1.86. The van der Waals surface area contributed by atoms with E-state index >= 15 is 0 Å². The second-order valence-corrected chi connectivity index (χ2v) is 5.76. The van der Waals surface area contributed by atoms with E-state index in [2.05, 4.69) is 10.9 Å². The molecule has 126 valence electrons. The number of rotatable bonds is 5. The Kier molecular flexibility index (Phi) is 6.46. The summed E-state index contributed by atoms with van der Waals surface area (Å²) in [6, 6.07) is 11.8. The van der Waals surface area contributed by atoms with Gasteiger partial charge in [-0.05, 0) is 42.3 Å². The molecule has 0 fully saturated rings. The number of hydrogen-bond donors (Lipinski definition) is 2. The first-order valence-corrected chi connectivity index (χ1v) is 8.01.